The SMILES string of the molecule is S=c1n(CN2CCCCC2)nc(-c2ccco2)n1Cc1ccccc1. The molecule has 1 fully saturated rings. The Morgan fingerprint density at radius 1 is 1.00 bits per heavy atom. The standard InChI is InChI=1S/C19H22N4OS/c25-19-22(14-16-8-3-1-4-9-16)18(17-10-7-13-24-17)20-23(19)15-21-11-5-2-6-12-21/h1,3-4,7-10,13H,2,5-6,11-12,14-15H2. The lowest BCUT2D eigenvalue weighted by atomic mass is 10.1. The largest absolute Gasteiger partial charge is 0.461 e. The van der Waals surface area contributed by atoms with Crippen LogP contribution in [0.3, 0.4) is 0 Å². The van der Waals surface area contributed by atoms with E-state index in [-0.39, 0.29) is 0 Å². The Morgan fingerprint density at radius 3 is 2.52 bits per heavy atom. The second-order valence-electron chi connectivity index (χ2n) is 6.47. The van der Waals surface area contributed by atoms with E-state index in [9.17, 15) is 0 Å². The normalized spacial score (nSPS) is 15.5. The smallest absolute Gasteiger partial charge is 0.199 e. The van der Waals surface area contributed by atoms with Crippen LogP contribution in [-0.2, 0) is 13.2 Å². The summed E-state index contributed by atoms with van der Waals surface area (Å²) in [5.41, 5.74) is 1.20. The number of hydrogen-bond acceptors (Lipinski definition) is 4. The van der Waals surface area contributed by atoms with E-state index in [1.807, 2.05) is 35.0 Å². The van der Waals surface area contributed by atoms with Crippen molar-refractivity contribution < 1.29 is 4.42 Å². The summed E-state index contributed by atoms with van der Waals surface area (Å²) in [6.07, 6.45) is 5.50. The third kappa shape index (κ3) is 3.60. The molecule has 0 N–H and O–H groups in total. The molecule has 3 heterocycles. The van der Waals surface area contributed by atoms with Crippen molar-refractivity contribution in [3.63, 3.8) is 0 Å². The van der Waals surface area contributed by atoms with Crippen molar-refractivity contribution in [1.82, 2.24) is 19.2 Å². The molecular formula is C19H22N4OS. The maximum atomic E-state index is 5.75. The number of piperidine rings is 1. The second kappa shape index (κ2) is 7.37. The van der Waals surface area contributed by atoms with Crippen LogP contribution >= 0.6 is 12.2 Å². The lowest BCUT2D eigenvalue weighted by molar-refractivity contribution is 0.172. The van der Waals surface area contributed by atoms with Crippen LogP contribution in [0.2, 0.25) is 0 Å². The monoisotopic (exact) mass is 354 g/mol. The van der Waals surface area contributed by atoms with E-state index in [1.165, 1.54) is 24.8 Å². The molecule has 1 saturated heterocycles. The molecule has 25 heavy (non-hydrogen) atoms. The van der Waals surface area contributed by atoms with E-state index in [2.05, 4.69) is 21.6 Å². The highest BCUT2D eigenvalue weighted by Gasteiger charge is 2.18. The lowest BCUT2D eigenvalue weighted by Crippen LogP contribution is -2.32. The fraction of sp³-hybridized carbons (Fsp3) is 0.368. The summed E-state index contributed by atoms with van der Waals surface area (Å²) in [5.74, 6) is 1.54. The summed E-state index contributed by atoms with van der Waals surface area (Å²) in [6.45, 7) is 3.66. The summed E-state index contributed by atoms with van der Waals surface area (Å²) in [7, 11) is 0. The molecule has 0 amide bonds. The maximum absolute atomic E-state index is 5.75. The van der Waals surface area contributed by atoms with Crippen LogP contribution in [-0.4, -0.2) is 32.3 Å². The Balaban J connectivity index is 1.69. The molecular weight excluding hydrogens is 332 g/mol. The number of aromatic nitrogens is 3. The Bertz CT molecular complexity index is 861. The van der Waals surface area contributed by atoms with E-state index < -0.39 is 0 Å². The van der Waals surface area contributed by atoms with Crippen LogP contribution in [0.1, 0.15) is 24.8 Å². The number of likely N-dealkylation sites (tertiary alicyclic amines) is 1. The van der Waals surface area contributed by atoms with Gasteiger partial charge in [0.25, 0.3) is 0 Å². The van der Waals surface area contributed by atoms with Gasteiger partial charge in [0.15, 0.2) is 16.4 Å². The first kappa shape index (κ1) is 16.3. The minimum absolute atomic E-state index is 0.690. The second-order valence-corrected chi connectivity index (χ2v) is 6.84. The van der Waals surface area contributed by atoms with Crippen molar-refractivity contribution in [2.45, 2.75) is 32.5 Å². The molecule has 0 atom stereocenters. The van der Waals surface area contributed by atoms with E-state index in [0.717, 1.165) is 36.1 Å². The van der Waals surface area contributed by atoms with Crippen molar-refractivity contribution >= 4 is 12.2 Å². The fourth-order valence-corrected chi connectivity index (χ4v) is 3.57. The highest BCUT2D eigenvalue weighted by atomic mass is 32.1. The quantitative estimate of drug-likeness (QED) is 0.645. The van der Waals surface area contributed by atoms with Gasteiger partial charge in [0.05, 0.1) is 19.5 Å². The average molecular weight is 354 g/mol. The summed E-state index contributed by atoms with van der Waals surface area (Å²) < 4.78 is 10.3. The minimum atomic E-state index is 0.690. The van der Waals surface area contributed by atoms with Crippen molar-refractivity contribution in [3.8, 4) is 11.6 Å². The van der Waals surface area contributed by atoms with Crippen LogP contribution in [0.4, 0.5) is 0 Å². The van der Waals surface area contributed by atoms with Gasteiger partial charge in [-0.2, -0.15) is 0 Å². The number of rotatable bonds is 5. The molecule has 4 rings (SSSR count). The van der Waals surface area contributed by atoms with Gasteiger partial charge in [-0.25, -0.2) is 4.68 Å². The van der Waals surface area contributed by atoms with Gasteiger partial charge >= 0.3 is 0 Å². The number of nitrogens with zero attached hydrogens (tertiary/aromatic N) is 4. The minimum Gasteiger partial charge on any atom is -0.461 e. The zero-order valence-electron chi connectivity index (χ0n) is 14.2. The summed E-state index contributed by atoms with van der Waals surface area (Å²) in [6, 6.07) is 14.1. The molecule has 1 aliphatic rings. The molecule has 0 spiro atoms. The Morgan fingerprint density at radius 2 is 1.80 bits per heavy atom. The van der Waals surface area contributed by atoms with Crippen molar-refractivity contribution in [2.75, 3.05) is 13.1 Å². The third-order valence-electron chi connectivity index (χ3n) is 4.63. The Hall–Kier alpha value is -2.18. The topological polar surface area (TPSA) is 39.1 Å². The first-order chi connectivity index (χ1) is 12.3. The Kier molecular flexibility index (Phi) is 4.81. The summed E-state index contributed by atoms with van der Waals surface area (Å²) >= 11 is 5.75. The average Bonchev–Trinajstić information content (AvgIpc) is 3.28. The molecule has 130 valence electrons. The van der Waals surface area contributed by atoms with E-state index in [0.29, 0.717) is 6.54 Å². The molecule has 2 aromatic heterocycles. The van der Waals surface area contributed by atoms with E-state index in [4.69, 9.17) is 21.7 Å². The first-order valence-electron chi connectivity index (χ1n) is 8.79. The zero-order chi connectivity index (χ0) is 17.1. The molecule has 1 aromatic carbocycles. The van der Waals surface area contributed by atoms with E-state index >= 15 is 0 Å². The molecule has 0 bridgehead atoms. The summed E-state index contributed by atoms with van der Waals surface area (Å²) in [4.78, 5) is 2.42. The fourth-order valence-electron chi connectivity index (χ4n) is 3.32. The first-order valence-corrected chi connectivity index (χ1v) is 9.20. The van der Waals surface area contributed by atoms with Gasteiger partial charge in [-0.3, -0.25) is 9.47 Å². The van der Waals surface area contributed by atoms with Gasteiger partial charge in [-0.05, 0) is 55.8 Å². The van der Waals surface area contributed by atoms with Crippen molar-refractivity contribution in [3.05, 3.63) is 59.1 Å². The maximum Gasteiger partial charge on any atom is 0.199 e. The predicted octanol–water partition coefficient (Wildman–Crippen LogP) is 4.17. The van der Waals surface area contributed by atoms with Gasteiger partial charge in [-0.1, -0.05) is 36.8 Å². The molecule has 1 aliphatic heterocycles. The summed E-state index contributed by atoms with van der Waals surface area (Å²) in [5, 5.41) is 4.78. The molecule has 0 saturated carbocycles. The number of hydrogen-bond donors (Lipinski definition) is 0. The molecule has 5 nitrogen and oxygen atoms in total. The van der Waals surface area contributed by atoms with Crippen LogP contribution in [0, 0.1) is 4.77 Å². The highest BCUT2D eigenvalue weighted by Crippen LogP contribution is 2.21. The van der Waals surface area contributed by atoms with Gasteiger partial charge in [0.1, 0.15) is 0 Å². The van der Waals surface area contributed by atoms with Crippen LogP contribution in [0.5, 0.6) is 0 Å². The van der Waals surface area contributed by atoms with Gasteiger partial charge in [0, 0.05) is 0 Å². The van der Waals surface area contributed by atoms with Gasteiger partial charge in [-0.15, -0.1) is 5.10 Å². The van der Waals surface area contributed by atoms with E-state index in [1.54, 1.807) is 6.26 Å². The van der Waals surface area contributed by atoms with Gasteiger partial charge in [0.2, 0.25) is 0 Å². The van der Waals surface area contributed by atoms with Crippen LogP contribution < -0.4 is 0 Å². The lowest BCUT2D eigenvalue weighted by Gasteiger charge is -2.25. The molecule has 0 radical (unpaired) electrons. The van der Waals surface area contributed by atoms with Crippen LogP contribution in [0.25, 0.3) is 11.6 Å². The third-order valence-corrected chi connectivity index (χ3v) is 5.06. The van der Waals surface area contributed by atoms with Crippen molar-refractivity contribution in [1.29, 1.82) is 0 Å². The Labute approximate surface area is 152 Å². The van der Waals surface area contributed by atoms with Crippen molar-refractivity contribution in [2.24, 2.45) is 0 Å². The number of furan rings is 1. The van der Waals surface area contributed by atoms with Crippen LogP contribution in [0.15, 0.2) is 53.1 Å². The highest BCUT2D eigenvalue weighted by molar-refractivity contribution is 7.71. The predicted molar refractivity (Wildman–Crippen MR) is 99.7 cm³/mol. The molecule has 0 unspecified atom stereocenters. The molecule has 3 aromatic rings. The molecule has 0 aliphatic carbocycles. The zero-order valence-corrected chi connectivity index (χ0v) is 15.0. The van der Waals surface area contributed by atoms with Gasteiger partial charge < -0.3 is 4.42 Å². The number of benzene rings is 1. The molecule has 6 heteroatoms.